The summed E-state index contributed by atoms with van der Waals surface area (Å²) in [5, 5.41) is 16.7. The average molecular weight is 221 g/mol. The Morgan fingerprint density at radius 1 is 0.667 bits per heavy atom. The van der Waals surface area contributed by atoms with Gasteiger partial charge in [-0.25, -0.2) is 0 Å². The van der Waals surface area contributed by atoms with Crippen LogP contribution in [0.2, 0.25) is 0 Å². The molecule has 0 fully saturated rings. The van der Waals surface area contributed by atoms with Gasteiger partial charge in [0.15, 0.2) is 0 Å². The first kappa shape index (κ1) is 17.2. The van der Waals surface area contributed by atoms with Crippen LogP contribution < -0.4 is 27.4 Å². The van der Waals surface area contributed by atoms with Crippen LogP contribution in [0, 0.1) is 0 Å². The van der Waals surface area contributed by atoms with Crippen molar-refractivity contribution >= 4 is 0 Å². The molecule has 0 unspecified atom stereocenters. The summed E-state index contributed by atoms with van der Waals surface area (Å²) in [5.74, 6) is 0. The Bertz CT molecular complexity index is 84.6. The van der Waals surface area contributed by atoms with Crippen LogP contribution in [0.25, 0.3) is 0 Å². The number of aliphatic hydroxyl groups excluding tert-OH is 1. The maximum atomic E-state index is 7.00. The lowest BCUT2D eigenvalue weighted by atomic mass is 10.5. The summed E-state index contributed by atoms with van der Waals surface area (Å²) in [4.78, 5) is 0. The first-order valence-electron chi connectivity index (χ1n) is 5.39. The van der Waals surface area contributed by atoms with Crippen LogP contribution in [-0.4, -0.2) is 64.6 Å². The molecule has 0 bridgehead atoms. The van der Waals surface area contributed by atoms with Crippen molar-refractivity contribution in [3.05, 3.63) is 0 Å². The minimum absolute atomic E-state index is 0.706. The van der Waals surface area contributed by atoms with Crippen LogP contribution in [0.5, 0.6) is 0 Å². The largest absolute Gasteiger partial charge is 0.400 e. The van der Waals surface area contributed by atoms with Crippen LogP contribution in [0.3, 0.4) is 0 Å². The summed E-state index contributed by atoms with van der Waals surface area (Å²) in [6, 6.07) is 0. The molecule has 0 aliphatic heterocycles. The van der Waals surface area contributed by atoms with Crippen molar-refractivity contribution in [2.45, 2.75) is 0 Å². The van der Waals surface area contributed by atoms with E-state index in [0.717, 1.165) is 46.4 Å². The molecule has 0 atom stereocenters. The minimum atomic E-state index is 0.706. The lowest BCUT2D eigenvalue weighted by molar-refractivity contribution is 0.399. The summed E-state index contributed by atoms with van der Waals surface area (Å²) < 4.78 is 0. The second kappa shape index (κ2) is 19.4. The second-order valence-corrected chi connectivity index (χ2v) is 2.83. The Morgan fingerprint density at radius 2 is 0.933 bits per heavy atom. The lowest BCUT2D eigenvalue weighted by Crippen LogP contribution is -2.35. The fraction of sp³-hybridized carbons (Fsp3) is 1.00. The van der Waals surface area contributed by atoms with Gasteiger partial charge in [0.05, 0.1) is 0 Å². The number of nitrogens with one attached hydrogen (secondary N) is 3. The molecule has 0 spiro atoms. The van der Waals surface area contributed by atoms with E-state index in [1.807, 2.05) is 0 Å². The number of aliphatic hydroxyl groups is 1. The van der Waals surface area contributed by atoms with Crippen molar-refractivity contribution < 1.29 is 5.11 Å². The maximum Gasteiger partial charge on any atom is 0.0319 e. The molecule has 0 aromatic carbocycles. The van der Waals surface area contributed by atoms with Crippen molar-refractivity contribution in [2.24, 2.45) is 11.5 Å². The zero-order chi connectivity index (χ0) is 11.8. The van der Waals surface area contributed by atoms with Gasteiger partial charge in [-0.3, -0.25) is 0 Å². The van der Waals surface area contributed by atoms with E-state index in [1.54, 1.807) is 0 Å². The van der Waals surface area contributed by atoms with Crippen LogP contribution in [0.1, 0.15) is 0 Å². The van der Waals surface area contributed by atoms with Crippen LogP contribution in [0.4, 0.5) is 0 Å². The predicted octanol–water partition coefficient (Wildman–Crippen LogP) is -2.72. The lowest BCUT2D eigenvalue weighted by Gasteiger charge is -2.06. The van der Waals surface area contributed by atoms with Gasteiger partial charge in [0.1, 0.15) is 0 Å². The van der Waals surface area contributed by atoms with Gasteiger partial charge in [0.25, 0.3) is 0 Å². The second-order valence-electron chi connectivity index (χ2n) is 2.83. The molecule has 8 N–H and O–H groups in total. The molecule has 0 heterocycles. The number of nitrogens with two attached hydrogens (primary N) is 2. The normalized spacial score (nSPS) is 9.60. The highest BCUT2D eigenvalue weighted by Gasteiger charge is 1.87. The first-order valence-corrected chi connectivity index (χ1v) is 5.39. The van der Waals surface area contributed by atoms with Crippen molar-refractivity contribution in [3.63, 3.8) is 0 Å². The highest BCUT2D eigenvalue weighted by molar-refractivity contribution is 4.54. The molecule has 0 aromatic rings. The molecule has 94 valence electrons. The standard InChI is InChI=1S/C8H23N5.CH4O/c9-1-3-11-5-7-13-8-6-12-4-2-10;1-2/h11-13H,1-10H2;2H,1H3. The first-order chi connectivity index (χ1) is 7.41. The molecule has 0 aliphatic carbocycles. The van der Waals surface area contributed by atoms with E-state index in [9.17, 15) is 0 Å². The summed E-state index contributed by atoms with van der Waals surface area (Å²) in [6.45, 7) is 7.15. The highest BCUT2D eigenvalue weighted by atomic mass is 16.2. The van der Waals surface area contributed by atoms with E-state index in [-0.39, 0.29) is 0 Å². The van der Waals surface area contributed by atoms with E-state index < -0.39 is 0 Å². The molecule has 0 aromatic heterocycles. The van der Waals surface area contributed by atoms with Gasteiger partial charge in [-0.05, 0) is 0 Å². The maximum absolute atomic E-state index is 7.00. The van der Waals surface area contributed by atoms with Gasteiger partial charge in [-0.1, -0.05) is 0 Å². The fourth-order valence-electron chi connectivity index (χ4n) is 0.933. The third-order valence-electron chi connectivity index (χ3n) is 1.60. The SMILES string of the molecule is CO.NCCNCCNCCNCCN. The third kappa shape index (κ3) is 20.0. The smallest absolute Gasteiger partial charge is 0.0319 e. The Labute approximate surface area is 92.8 Å². The Morgan fingerprint density at radius 3 is 1.20 bits per heavy atom. The predicted molar refractivity (Wildman–Crippen MR) is 64.9 cm³/mol. The molecule has 0 amide bonds. The topological polar surface area (TPSA) is 108 Å². The van der Waals surface area contributed by atoms with Crippen LogP contribution >= 0.6 is 0 Å². The third-order valence-corrected chi connectivity index (χ3v) is 1.60. The van der Waals surface area contributed by atoms with E-state index in [1.165, 1.54) is 0 Å². The molecule has 6 nitrogen and oxygen atoms in total. The number of hydrogen-bond donors (Lipinski definition) is 6. The van der Waals surface area contributed by atoms with Gasteiger partial charge >= 0.3 is 0 Å². The summed E-state index contributed by atoms with van der Waals surface area (Å²) in [7, 11) is 1.00. The van der Waals surface area contributed by atoms with Crippen molar-refractivity contribution in [1.82, 2.24) is 16.0 Å². The van der Waals surface area contributed by atoms with Gasteiger partial charge in [-0.2, -0.15) is 0 Å². The number of hydrogen-bond acceptors (Lipinski definition) is 6. The van der Waals surface area contributed by atoms with Gasteiger partial charge < -0.3 is 32.5 Å². The Hall–Kier alpha value is -0.240. The monoisotopic (exact) mass is 221 g/mol. The Balaban J connectivity index is 0. The minimum Gasteiger partial charge on any atom is -0.400 e. The van der Waals surface area contributed by atoms with Crippen LogP contribution in [-0.2, 0) is 0 Å². The molecule has 0 radical (unpaired) electrons. The van der Waals surface area contributed by atoms with Gasteiger partial charge in [0, 0.05) is 59.5 Å². The average Bonchev–Trinajstić information content (AvgIpc) is 2.30. The van der Waals surface area contributed by atoms with Crippen molar-refractivity contribution in [1.29, 1.82) is 0 Å². The molecular formula is C9H27N5O. The summed E-state index contributed by atoms with van der Waals surface area (Å²) in [6.07, 6.45) is 0. The Kier molecular flexibility index (Phi) is 22.1. The molecule has 0 saturated heterocycles. The van der Waals surface area contributed by atoms with Crippen molar-refractivity contribution in [2.75, 3.05) is 59.5 Å². The van der Waals surface area contributed by atoms with Crippen molar-refractivity contribution in [3.8, 4) is 0 Å². The summed E-state index contributed by atoms with van der Waals surface area (Å²) in [5.41, 5.74) is 10.6. The molecule has 0 rings (SSSR count). The van der Waals surface area contributed by atoms with E-state index >= 15 is 0 Å². The van der Waals surface area contributed by atoms with E-state index in [0.29, 0.717) is 13.1 Å². The molecule has 6 heteroatoms. The zero-order valence-corrected chi connectivity index (χ0v) is 9.76. The van der Waals surface area contributed by atoms with E-state index in [4.69, 9.17) is 16.6 Å². The zero-order valence-electron chi connectivity index (χ0n) is 9.76. The molecule has 15 heavy (non-hydrogen) atoms. The quantitative estimate of drug-likeness (QED) is 0.224. The van der Waals surface area contributed by atoms with Gasteiger partial charge in [0.2, 0.25) is 0 Å². The molecule has 0 aliphatic rings. The summed E-state index contributed by atoms with van der Waals surface area (Å²) >= 11 is 0. The van der Waals surface area contributed by atoms with Gasteiger partial charge in [-0.15, -0.1) is 0 Å². The molecule has 0 saturated carbocycles. The molecular weight excluding hydrogens is 194 g/mol. The number of rotatable bonds is 10. The van der Waals surface area contributed by atoms with Crippen LogP contribution in [0.15, 0.2) is 0 Å². The fourth-order valence-corrected chi connectivity index (χ4v) is 0.933. The van der Waals surface area contributed by atoms with E-state index in [2.05, 4.69) is 16.0 Å². The highest BCUT2D eigenvalue weighted by Crippen LogP contribution is 1.60.